The highest BCUT2D eigenvalue weighted by Crippen LogP contribution is 2.21. The van der Waals surface area contributed by atoms with E-state index in [0.717, 1.165) is 37.3 Å². The van der Waals surface area contributed by atoms with E-state index in [-0.39, 0.29) is 11.0 Å². The Morgan fingerprint density at radius 2 is 1.88 bits per heavy atom. The van der Waals surface area contributed by atoms with Crippen LogP contribution < -0.4 is 21.2 Å². The van der Waals surface area contributed by atoms with Crippen molar-refractivity contribution in [2.24, 2.45) is 5.73 Å². The molecule has 1 saturated heterocycles. The van der Waals surface area contributed by atoms with Gasteiger partial charge in [0, 0.05) is 45.0 Å². The number of amides is 1. The maximum atomic E-state index is 12.8. The molecule has 1 aliphatic rings. The maximum absolute atomic E-state index is 12.8. The zero-order valence-corrected chi connectivity index (χ0v) is 18.6. The Morgan fingerprint density at radius 3 is 2.53 bits per heavy atom. The lowest BCUT2D eigenvalue weighted by molar-refractivity contribution is 0.0998. The van der Waals surface area contributed by atoms with Crippen molar-refractivity contribution in [1.29, 1.82) is 0 Å². The first-order chi connectivity index (χ1) is 15.5. The molecule has 3 aromatic rings. The number of carbonyl (C=O) groups excluding carboxylic acids is 1. The average Bonchev–Trinajstić information content (AvgIpc) is 2.78. The van der Waals surface area contributed by atoms with Crippen LogP contribution in [0, 0.1) is 0 Å². The normalized spacial score (nSPS) is 16.9. The van der Waals surface area contributed by atoms with Crippen LogP contribution >= 0.6 is 0 Å². The molecule has 0 bridgehead atoms. The number of benzene rings is 2. The van der Waals surface area contributed by atoms with Crippen molar-refractivity contribution < 1.29 is 9.53 Å². The third-order valence-electron chi connectivity index (χ3n) is 6.03. The summed E-state index contributed by atoms with van der Waals surface area (Å²) in [6.07, 6.45) is 1.56. The third-order valence-corrected chi connectivity index (χ3v) is 6.03. The molecule has 0 spiro atoms. The van der Waals surface area contributed by atoms with Crippen molar-refractivity contribution in [1.82, 2.24) is 14.8 Å². The van der Waals surface area contributed by atoms with Crippen LogP contribution in [0.1, 0.15) is 35.3 Å². The highest BCUT2D eigenvalue weighted by Gasteiger charge is 2.18. The minimum Gasteiger partial charge on any atom is -0.494 e. The molecule has 1 amide bonds. The smallest absolute Gasteiger partial charge is 0.254 e. The van der Waals surface area contributed by atoms with Gasteiger partial charge in [-0.1, -0.05) is 24.3 Å². The van der Waals surface area contributed by atoms with E-state index in [1.54, 1.807) is 12.3 Å². The molecule has 168 valence electrons. The monoisotopic (exact) mass is 434 g/mol. The number of pyridine rings is 1. The zero-order valence-electron chi connectivity index (χ0n) is 18.6. The lowest BCUT2D eigenvalue weighted by Crippen LogP contribution is -2.49. The van der Waals surface area contributed by atoms with E-state index in [1.807, 2.05) is 23.6 Å². The fraction of sp³-hybridized carbons (Fsp3) is 0.360. The predicted octanol–water partition coefficient (Wildman–Crippen LogP) is 2.34. The number of rotatable bonds is 7. The van der Waals surface area contributed by atoms with Gasteiger partial charge in [0.15, 0.2) is 0 Å². The number of fused-ring (bicyclic) bond motifs is 1. The van der Waals surface area contributed by atoms with Crippen LogP contribution in [-0.4, -0.2) is 47.7 Å². The lowest BCUT2D eigenvalue weighted by Gasteiger charge is -2.33. The predicted molar refractivity (Wildman–Crippen MR) is 126 cm³/mol. The fourth-order valence-corrected chi connectivity index (χ4v) is 4.24. The van der Waals surface area contributed by atoms with Gasteiger partial charge >= 0.3 is 0 Å². The Labute approximate surface area is 187 Å². The maximum Gasteiger partial charge on any atom is 0.254 e. The molecule has 4 rings (SSSR count). The van der Waals surface area contributed by atoms with Crippen LogP contribution in [0.5, 0.6) is 5.75 Å². The quantitative estimate of drug-likeness (QED) is 0.596. The van der Waals surface area contributed by atoms with E-state index >= 15 is 0 Å². The summed E-state index contributed by atoms with van der Waals surface area (Å²) in [7, 11) is 0. The molecule has 1 atom stereocenters. The first kappa shape index (κ1) is 22.0. The molecular weight excluding hydrogens is 404 g/mol. The standard InChI is InChI=1S/C25H30N4O3/c1-3-32-20-8-9-23-21(12-20)24(30)22(25(26)31)16-29(23)15-19-6-4-18(5-7-19)14-28-11-10-27-13-17(28)2/h4-9,12,16-17,27H,3,10-11,13-15H2,1-2H3,(H2,26,31). The van der Waals surface area contributed by atoms with Crippen LogP contribution in [0.3, 0.4) is 0 Å². The Balaban J connectivity index is 1.62. The van der Waals surface area contributed by atoms with Crippen molar-refractivity contribution in [3.8, 4) is 5.75 Å². The summed E-state index contributed by atoms with van der Waals surface area (Å²) < 4.78 is 7.44. The number of hydrogen-bond donors (Lipinski definition) is 2. The van der Waals surface area contributed by atoms with Gasteiger partial charge in [-0.05, 0) is 43.2 Å². The summed E-state index contributed by atoms with van der Waals surface area (Å²) >= 11 is 0. The van der Waals surface area contributed by atoms with Gasteiger partial charge in [-0.25, -0.2) is 0 Å². The minimum absolute atomic E-state index is 0.0181. The van der Waals surface area contributed by atoms with E-state index in [4.69, 9.17) is 10.5 Å². The van der Waals surface area contributed by atoms with E-state index in [9.17, 15) is 9.59 Å². The molecule has 0 saturated carbocycles. The minimum atomic E-state index is -0.729. The van der Waals surface area contributed by atoms with Crippen molar-refractivity contribution in [2.75, 3.05) is 26.2 Å². The second kappa shape index (κ2) is 9.54. The van der Waals surface area contributed by atoms with Crippen molar-refractivity contribution in [2.45, 2.75) is 33.0 Å². The first-order valence-electron chi connectivity index (χ1n) is 11.1. The molecule has 0 aliphatic carbocycles. The molecule has 32 heavy (non-hydrogen) atoms. The van der Waals surface area contributed by atoms with Crippen LogP contribution in [0.2, 0.25) is 0 Å². The summed E-state index contributed by atoms with van der Waals surface area (Å²) in [6, 6.07) is 14.4. The number of hydrogen-bond acceptors (Lipinski definition) is 5. The van der Waals surface area contributed by atoms with E-state index in [0.29, 0.717) is 30.3 Å². The first-order valence-corrected chi connectivity index (χ1v) is 11.1. The number of primary amides is 1. The molecule has 1 aromatic heterocycles. The molecule has 0 radical (unpaired) electrons. The number of nitrogens with one attached hydrogen (secondary N) is 1. The summed E-state index contributed by atoms with van der Waals surface area (Å²) in [5.41, 5.74) is 8.19. The highest BCUT2D eigenvalue weighted by atomic mass is 16.5. The molecule has 1 aliphatic heterocycles. The fourth-order valence-electron chi connectivity index (χ4n) is 4.24. The van der Waals surface area contributed by atoms with Crippen molar-refractivity contribution in [3.63, 3.8) is 0 Å². The second-order valence-electron chi connectivity index (χ2n) is 8.32. The topological polar surface area (TPSA) is 89.6 Å². The molecule has 1 fully saturated rings. The Kier molecular flexibility index (Phi) is 6.58. The summed E-state index contributed by atoms with van der Waals surface area (Å²) in [5.74, 6) is -0.135. The summed E-state index contributed by atoms with van der Waals surface area (Å²) in [5, 5.41) is 3.85. The number of nitrogens with two attached hydrogens (primary N) is 1. The molecular formula is C25H30N4O3. The van der Waals surface area contributed by atoms with Crippen molar-refractivity contribution >= 4 is 16.8 Å². The van der Waals surface area contributed by atoms with Crippen LogP contribution in [0.4, 0.5) is 0 Å². The summed E-state index contributed by atoms with van der Waals surface area (Å²) in [6.45, 7) is 9.16. The van der Waals surface area contributed by atoms with Crippen LogP contribution in [0.25, 0.3) is 10.9 Å². The van der Waals surface area contributed by atoms with Crippen molar-refractivity contribution in [3.05, 3.63) is 75.6 Å². The Morgan fingerprint density at radius 1 is 1.16 bits per heavy atom. The number of piperazine rings is 1. The highest BCUT2D eigenvalue weighted by molar-refractivity contribution is 5.96. The number of nitrogens with zero attached hydrogens (tertiary/aromatic N) is 2. The van der Waals surface area contributed by atoms with Gasteiger partial charge in [0.1, 0.15) is 11.3 Å². The SMILES string of the molecule is CCOc1ccc2c(c1)c(=O)c(C(N)=O)cn2Cc1ccc(CN2CCNCC2C)cc1. The molecule has 7 nitrogen and oxygen atoms in total. The van der Waals surface area contributed by atoms with Gasteiger partial charge in [-0.15, -0.1) is 0 Å². The van der Waals surface area contributed by atoms with Gasteiger partial charge in [0.2, 0.25) is 5.43 Å². The molecule has 2 heterocycles. The van der Waals surface area contributed by atoms with E-state index in [1.165, 1.54) is 5.56 Å². The van der Waals surface area contributed by atoms with Crippen LogP contribution in [0.15, 0.2) is 53.5 Å². The van der Waals surface area contributed by atoms with E-state index in [2.05, 4.69) is 41.4 Å². The largest absolute Gasteiger partial charge is 0.494 e. The lowest BCUT2D eigenvalue weighted by atomic mass is 10.1. The van der Waals surface area contributed by atoms with Gasteiger partial charge in [-0.3, -0.25) is 14.5 Å². The molecule has 2 aromatic carbocycles. The van der Waals surface area contributed by atoms with Gasteiger partial charge in [0.05, 0.1) is 17.5 Å². The zero-order chi connectivity index (χ0) is 22.7. The number of ether oxygens (including phenoxy) is 1. The second-order valence-corrected chi connectivity index (χ2v) is 8.32. The number of aromatic nitrogens is 1. The number of carbonyl (C=O) groups is 1. The molecule has 1 unspecified atom stereocenters. The third kappa shape index (κ3) is 4.69. The summed E-state index contributed by atoms with van der Waals surface area (Å²) in [4.78, 5) is 27.2. The average molecular weight is 435 g/mol. The van der Waals surface area contributed by atoms with Gasteiger partial charge in [0.25, 0.3) is 5.91 Å². The molecule has 3 N–H and O–H groups in total. The van der Waals surface area contributed by atoms with Gasteiger partial charge < -0.3 is 20.4 Å². The molecule has 7 heteroatoms. The Bertz CT molecular complexity index is 1170. The van der Waals surface area contributed by atoms with E-state index < -0.39 is 5.91 Å². The Hall–Kier alpha value is -3.16. The van der Waals surface area contributed by atoms with Gasteiger partial charge in [-0.2, -0.15) is 0 Å². The van der Waals surface area contributed by atoms with Crippen LogP contribution in [-0.2, 0) is 13.1 Å².